The molecule has 0 rings (SSSR count). The molecule has 0 aromatic rings. The Balaban J connectivity index is 3.98. The van der Waals surface area contributed by atoms with Gasteiger partial charge in [-0.25, -0.2) is 0 Å². The third-order valence-corrected chi connectivity index (χ3v) is 1.10. The van der Waals surface area contributed by atoms with Crippen molar-refractivity contribution in [1.29, 1.82) is 0 Å². The van der Waals surface area contributed by atoms with Crippen LogP contribution in [0.4, 0.5) is 0 Å². The fourth-order valence-corrected chi connectivity index (χ4v) is 0.637. The zero-order valence-electron chi connectivity index (χ0n) is 6.30. The lowest BCUT2D eigenvalue weighted by atomic mass is 10.2. The first-order valence-electron chi connectivity index (χ1n) is 3.37. The van der Waals surface area contributed by atoms with Crippen molar-refractivity contribution in [2.75, 3.05) is 6.54 Å². The van der Waals surface area contributed by atoms with Gasteiger partial charge in [-0.15, -0.1) is 6.42 Å². The summed E-state index contributed by atoms with van der Waals surface area (Å²) in [5.74, 6) is 2.41. The molecule has 0 heterocycles. The van der Waals surface area contributed by atoms with Gasteiger partial charge in [-0.2, -0.15) is 0 Å². The van der Waals surface area contributed by atoms with Crippen molar-refractivity contribution in [3.05, 3.63) is 23.8 Å². The zero-order valence-corrected chi connectivity index (χ0v) is 6.30. The molecule has 0 spiro atoms. The molecule has 1 nitrogen and oxygen atoms in total. The highest BCUT2D eigenvalue weighted by Crippen LogP contribution is 1.95. The van der Waals surface area contributed by atoms with Gasteiger partial charge in [0.1, 0.15) is 0 Å². The van der Waals surface area contributed by atoms with Crippen LogP contribution in [-0.4, -0.2) is 6.54 Å². The van der Waals surface area contributed by atoms with E-state index in [0.717, 1.165) is 12.0 Å². The minimum atomic E-state index is 0.562. The number of hydrogen-bond acceptors (Lipinski definition) is 1. The SMILES string of the molecule is C#C/C=C\C(=C/CC)CN. The standard InChI is InChI=1S/C9H13N/c1-3-5-7-9(8-10)6-4-2/h1,5-7H,4,8,10H2,2H3/b7-5-,9-6+. The third-order valence-electron chi connectivity index (χ3n) is 1.10. The van der Waals surface area contributed by atoms with Gasteiger partial charge in [0, 0.05) is 6.54 Å². The Bertz CT molecular complexity index is 170. The van der Waals surface area contributed by atoms with E-state index < -0.39 is 0 Å². The second-order valence-corrected chi connectivity index (χ2v) is 1.89. The highest BCUT2D eigenvalue weighted by Gasteiger charge is 1.83. The summed E-state index contributed by atoms with van der Waals surface area (Å²) in [5.41, 5.74) is 6.51. The molecule has 0 fully saturated rings. The first-order valence-corrected chi connectivity index (χ1v) is 3.37. The van der Waals surface area contributed by atoms with Crippen LogP contribution in [0.25, 0.3) is 0 Å². The number of hydrogen-bond donors (Lipinski definition) is 1. The molecule has 0 aromatic heterocycles. The van der Waals surface area contributed by atoms with Gasteiger partial charge in [-0.3, -0.25) is 0 Å². The highest BCUT2D eigenvalue weighted by molar-refractivity contribution is 5.25. The number of rotatable bonds is 3. The molecule has 0 unspecified atom stereocenters. The first kappa shape index (κ1) is 9.00. The monoisotopic (exact) mass is 135 g/mol. The van der Waals surface area contributed by atoms with Gasteiger partial charge >= 0.3 is 0 Å². The molecule has 0 amide bonds. The van der Waals surface area contributed by atoms with Gasteiger partial charge in [-0.05, 0) is 24.1 Å². The predicted octanol–water partition coefficient (Wildman–Crippen LogP) is 1.47. The van der Waals surface area contributed by atoms with Crippen LogP contribution in [0.2, 0.25) is 0 Å². The van der Waals surface area contributed by atoms with Gasteiger partial charge in [0.2, 0.25) is 0 Å². The summed E-state index contributed by atoms with van der Waals surface area (Å²) >= 11 is 0. The Labute approximate surface area is 62.6 Å². The summed E-state index contributed by atoms with van der Waals surface area (Å²) in [7, 11) is 0. The summed E-state index contributed by atoms with van der Waals surface area (Å²) in [5, 5.41) is 0. The predicted molar refractivity (Wildman–Crippen MR) is 45.4 cm³/mol. The Morgan fingerprint density at radius 3 is 2.80 bits per heavy atom. The average Bonchev–Trinajstić information content (AvgIpc) is 1.98. The van der Waals surface area contributed by atoms with E-state index in [2.05, 4.69) is 18.9 Å². The molecular formula is C9H13N. The molecule has 1 heteroatoms. The van der Waals surface area contributed by atoms with Crippen molar-refractivity contribution in [3.63, 3.8) is 0 Å². The molecule has 0 aromatic carbocycles. The number of terminal acetylenes is 1. The molecule has 0 bridgehead atoms. The largest absolute Gasteiger partial charge is 0.327 e. The van der Waals surface area contributed by atoms with Crippen LogP contribution < -0.4 is 5.73 Å². The molecule has 0 aliphatic carbocycles. The molecule has 10 heavy (non-hydrogen) atoms. The smallest absolute Gasteiger partial charge is 0.0175 e. The third kappa shape index (κ3) is 3.94. The molecule has 2 N–H and O–H groups in total. The van der Waals surface area contributed by atoms with E-state index in [4.69, 9.17) is 12.2 Å². The second kappa shape index (κ2) is 6.12. The Morgan fingerprint density at radius 2 is 2.40 bits per heavy atom. The lowest BCUT2D eigenvalue weighted by Crippen LogP contribution is -2.00. The van der Waals surface area contributed by atoms with E-state index in [9.17, 15) is 0 Å². The van der Waals surface area contributed by atoms with E-state index in [0.29, 0.717) is 6.54 Å². The van der Waals surface area contributed by atoms with Crippen LogP contribution in [0.3, 0.4) is 0 Å². The summed E-state index contributed by atoms with van der Waals surface area (Å²) in [6, 6.07) is 0. The van der Waals surface area contributed by atoms with E-state index in [-0.39, 0.29) is 0 Å². The maximum Gasteiger partial charge on any atom is 0.0175 e. The van der Waals surface area contributed by atoms with E-state index in [1.807, 2.05) is 6.08 Å². The second-order valence-electron chi connectivity index (χ2n) is 1.89. The van der Waals surface area contributed by atoms with Crippen molar-refractivity contribution in [2.24, 2.45) is 5.73 Å². The normalized spacial score (nSPS) is 11.9. The van der Waals surface area contributed by atoms with Gasteiger partial charge in [-0.1, -0.05) is 18.9 Å². The van der Waals surface area contributed by atoms with Crippen LogP contribution in [0.15, 0.2) is 23.8 Å². The van der Waals surface area contributed by atoms with E-state index >= 15 is 0 Å². The van der Waals surface area contributed by atoms with E-state index in [1.165, 1.54) is 0 Å². The molecular weight excluding hydrogens is 122 g/mol. The molecule has 0 atom stereocenters. The molecule has 54 valence electrons. The van der Waals surface area contributed by atoms with Crippen LogP contribution in [0.1, 0.15) is 13.3 Å². The lowest BCUT2D eigenvalue weighted by molar-refractivity contribution is 1.13. The Morgan fingerprint density at radius 1 is 1.70 bits per heavy atom. The van der Waals surface area contributed by atoms with Gasteiger partial charge in [0.15, 0.2) is 0 Å². The molecule has 0 saturated carbocycles. The van der Waals surface area contributed by atoms with Crippen molar-refractivity contribution in [1.82, 2.24) is 0 Å². The van der Waals surface area contributed by atoms with Gasteiger partial charge < -0.3 is 5.73 Å². The molecule has 0 aliphatic rings. The maximum atomic E-state index is 5.41. The maximum absolute atomic E-state index is 5.41. The fourth-order valence-electron chi connectivity index (χ4n) is 0.637. The fraction of sp³-hybridized carbons (Fsp3) is 0.333. The van der Waals surface area contributed by atoms with Crippen molar-refractivity contribution < 1.29 is 0 Å². The molecule has 0 aliphatic heterocycles. The summed E-state index contributed by atoms with van der Waals surface area (Å²) in [6.45, 7) is 2.63. The number of nitrogens with two attached hydrogens (primary N) is 1. The highest BCUT2D eigenvalue weighted by atomic mass is 14.5. The molecule has 0 saturated heterocycles. The van der Waals surface area contributed by atoms with Gasteiger partial charge in [0.05, 0.1) is 0 Å². The lowest BCUT2D eigenvalue weighted by Gasteiger charge is -1.92. The minimum absolute atomic E-state index is 0.562. The minimum Gasteiger partial charge on any atom is -0.327 e. The Kier molecular flexibility index (Phi) is 5.51. The average molecular weight is 135 g/mol. The van der Waals surface area contributed by atoms with Crippen molar-refractivity contribution in [3.8, 4) is 12.3 Å². The van der Waals surface area contributed by atoms with E-state index in [1.54, 1.807) is 6.08 Å². The molecule has 0 radical (unpaired) electrons. The summed E-state index contributed by atoms with van der Waals surface area (Å²) in [4.78, 5) is 0. The summed E-state index contributed by atoms with van der Waals surface area (Å²) < 4.78 is 0. The number of allylic oxidation sites excluding steroid dienone is 2. The van der Waals surface area contributed by atoms with Gasteiger partial charge in [0.25, 0.3) is 0 Å². The van der Waals surface area contributed by atoms with Crippen LogP contribution in [0, 0.1) is 12.3 Å². The van der Waals surface area contributed by atoms with Crippen LogP contribution in [-0.2, 0) is 0 Å². The Hall–Kier alpha value is -1.00. The van der Waals surface area contributed by atoms with Crippen molar-refractivity contribution >= 4 is 0 Å². The van der Waals surface area contributed by atoms with Crippen LogP contribution >= 0.6 is 0 Å². The first-order chi connectivity index (χ1) is 4.85. The zero-order chi connectivity index (χ0) is 7.82. The topological polar surface area (TPSA) is 26.0 Å². The summed E-state index contributed by atoms with van der Waals surface area (Å²) in [6.07, 6.45) is 11.6. The van der Waals surface area contributed by atoms with Crippen molar-refractivity contribution in [2.45, 2.75) is 13.3 Å². The quantitative estimate of drug-likeness (QED) is 0.460. The van der Waals surface area contributed by atoms with Crippen LogP contribution in [0.5, 0.6) is 0 Å².